The number of carboxylic acids is 1. The van der Waals surface area contributed by atoms with Crippen molar-refractivity contribution in [3.05, 3.63) is 94.8 Å². The number of nitrogens with zero attached hydrogens (tertiary/aromatic N) is 2. The van der Waals surface area contributed by atoms with E-state index in [0.717, 1.165) is 28.0 Å². The number of aliphatic carboxylic acids is 1. The predicted octanol–water partition coefficient (Wildman–Crippen LogP) is 5.86. The first kappa shape index (κ1) is 25.9. The molecule has 2 atom stereocenters. The molecule has 1 amide bonds. The number of rotatable bonds is 9. The van der Waals surface area contributed by atoms with E-state index in [2.05, 4.69) is 40.8 Å². The highest BCUT2D eigenvalue weighted by atomic mass is 16.5. The minimum absolute atomic E-state index is 0.125. The number of hydrogen-bond donors (Lipinski definition) is 2. The lowest BCUT2D eigenvalue weighted by molar-refractivity contribution is -0.144. The first-order valence-electron chi connectivity index (χ1n) is 12.5. The van der Waals surface area contributed by atoms with Crippen molar-refractivity contribution in [2.75, 3.05) is 0 Å². The number of hydrogen-bond acceptors (Lipinski definition) is 4. The number of carbonyl (C=O) groups excluding carboxylic acids is 1. The van der Waals surface area contributed by atoms with Gasteiger partial charge in [-0.15, -0.1) is 0 Å². The number of imidazole rings is 1. The fourth-order valence-electron chi connectivity index (χ4n) is 4.30. The van der Waals surface area contributed by atoms with Gasteiger partial charge in [0.1, 0.15) is 11.6 Å². The van der Waals surface area contributed by atoms with E-state index in [1.165, 1.54) is 12.5 Å². The molecule has 1 unspecified atom stereocenters. The third-order valence-corrected chi connectivity index (χ3v) is 6.53. The van der Waals surface area contributed by atoms with Gasteiger partial charge in [0, 0.05) is 12.1 Å². The Balaban J connectivity index is 1.51. The zero-order valence-corrected chi connectivity index (χ0v) is 21.9. The highest BCUT2D eigenvalue weighted by Gasteiger charge is 2.16. The van der Waals surface area contributed by atoms with Gasteiger partial charge in [-0.1, -0.05) is 50.2 Å². The summed E-state index contributed by atoms with van der Waals surface area (Å²) in [5.74, 6) is 0.583. The van der Waals surface area contributed by atoms with Crippen molar-refractivity contribution < 1.29 is 19.4 Å². The van der Waals surface area contributed by atoms with Crippen molar-refractivity contribution in [2.24, 2.45) is 0 Å². The standard InChI is InChI=1S/C30H33N3O4/c1-18(2)23-9-7-10-24(15-23)19(3)31-29(34)25-12-13-28-27(16-25)32-21(5)33(28)17-22-8-6-11-26(14-22)37-20(4)30(35)36/h6-16,18-20H,17H2,1-5H3,(H,31,34)(H,35,36)/t19-,20?/m0/s1. The number of aromatic nitrogens is 2. The van der Waals surface area contributed by atoms with Crippen molar-refractivity contribution in [1.29, 1.82) is 0 Å². The van der Waals surface area contributed by atoms with E-state index >= 15 is 0 Å². The van der Waals surface area contributed by atoms with Gasteiger partial charge in [0.05, 0.1) is 17.1 Å². The Bertz CT molecular complexity index is 1440. The average molecular weight is 500 g/mol. The van der Waals surface area contributed by atoms with Crippen molar-refractivity contribution >= 4 is 22.9 Å². The fraction of sp³-hybridized carbons (Fsp3) is 0.300. The molecule has 0 aliphatic heterocycles. The Kier molecular flexibility index (Phi) is 7.62. The van der Waals surface area contributed by atoms with Crippen LogP contribution >= 0.6 is 0 Å². The van der Waals surface area contributed by atoms with Crippen LogP contribution in [-0.4, -0.2) is 32.6 Å². The highest BCUT2D eigenvalue weighted by Crippen LogP contribution is 2.23. The largest absolute Gasteiger partial charge is 0.479 e. The van der Waals surface area contributed by atoms with Gasteiger partial charge in [0.15, 0.2) is 6.10 Å². The third-order valence-electron chi connectivity index (χ3n) is 6.53. The van der Waals surface area contributed by atoms with Crippen LogP contribution in [0.15, 0.2) is 66.7 Å². The number of carbonyl (C=O) groups is 2. The summed E-state index contributed by atoms with van der Waals surface area (Å²) >= 11 is 0. The molecule has 1 aromatic heterocycles. The van der Waals surface area contributed by atoms with Crippen LogP contribution in [-0.2, 0) is 11.3 Å². The molecule has 0 radical (unpaired) electrons. The first-order valence-corrected chi connectivity index (χ1v) is 12.5. The van der Waals surface area contributed by atoms with Crippen LogP contribution in [0.3, 0.4) is 0 Å². The fourth-order valence-corrected chi connectivity index (χ4v) is 4.30. The summed E-state index contributed by atoms with van der Waals surface area (Å²) in [6, 6.07) is 21.1. The van der Waals surface area contributed by atoms with Gasteiger partial charge >= 0.3 is 5.97 Å². The van der Waals surface area contributed by atoms with Crippen LogP contribution in [0.1, 0.15) is 72.5 Å². The molecule has 4 aromatic rings. The average Bonchev–Trinajstić information content (AvgIpc) is 3.18. The van der Waals surface area contributed by atoms with Crippen LogP contribution in [0.25, 0.3) is 11.0 Å². The van der Waals surface area contributed by atoms with E-state index in [1.807, 2.05) is 62.4 Å². The van der Waals surface area contributed by atoms with Crippen molar-refractivity contribution in [2.45, 2.75) is 59.2 Å². The molecule has 1 heterocycles. The van der Waals surface area contributed by atoms with E-state index in [4.69, 9.17) is 9.84 Å². The maximum Gasteiger partial charge on any atom is 0.344 e. The second-order valence-corrected chi connectivity index (χ2v) is 9.71. The van der Waals surface area contributed by atoms with Crippen LogP contribution in [0.5, 0.6) is 5.75 Å². The molecule has 0 fully saturated rings. The molecule has 37 heavy (non-hydrogen) atoms. The number of ether oxygens (including phenoxy) is 1. The summed E-state index contributed by atoms with van der Waals surface area (Å²) in [7, 11) is 0. The summed E-state index contributed by atoms with van der Waals surface area (Å²) in [6.07, 6.45) is -0.933. The summed E-state index contributed by atoms with van der Waals surface area (Å²) in [5.41, 5.74) is 5.49. The number of nitrogens with one attached hydrogen (secondary N) is 1. The quantitative estimate of drug-likeness (QED) is 0.301. The molecule has 192 valence electrons. The molecular formula is C30H33N3O4. The minimum atomic E-state index is -1.01. The summed E-state index contributed by atoms with van der Waals surface area (Å²) in [5, 5.41) is 12.2. The van der Waals surface area contributed by atoms with Gasteiger partial charge in [-0.05, 0) is 73.7 Å². The summed E-state index contributed by atoms with van der Waals surface area (Å²) in [6.45, 7) is 10.3. The Morgan fingerprint density at radius 2 is 1.70 bits per heavy atom. The van der Waals surface area contributed by atoms with E-state index in [9.17, 15) is 9.59 Å². The Morgan fingerprint density at radius 3 is 2.43 bits per heavy atom. The predicted molar refractivity (Wildman–Crippen MR) is 144 cm³/mol. The van der Waals surface area contributed by atoms with Crippen LogP contribution < -0.4 is 10.1 Å². The maximum absolute atomic E-state index is 13.0. The lowest BCUT2D eigenvalue weighted by Gasteiger charge is -2.16. The Morgan fingerprint density at radius 1 is 0.973 bits per heavy atom. The number of fused-ring (bicyclic) bond motifs is 1. The second-order valence-electron chi connectivity index (χ2n) is 9.71. The van der Waals surface area contributed by atoms with Crippen molar-refractivity contribution in [3.8, 4) is 5.75 Å². The van der Waals surface area contributed by atoms with E-state index in [0.29, 0.717) is 23.8 Å². The van der Waals surface area contributed by atoms with E-state index in [1.54, 1.807) is 6.07 Å². The van der Waals surface area contributed by atoms with Crippen LogP contribution in [0, 0.1) is 6.92 Å². The maximum atomic E-state index is 13.0. The van der Waals surface area contributed by atoms with Crippen LogP contribution in [0.4, 0.5) is 0 Å². The normalized spacial score (nSPS) is 12.9. The van der Waals surface area contributed by atoms with Gasteiger partial charge in [-0.25, -0.2) is 9.78 Å². The monoisotopic (exact) mass is 499 g/mol. The van der Waals surface area contributed by atoms with E-state index in [-0.39, 0.29) is 11.9 Å². The SMILES string of the molecule is Cc1nc2cc(C(=O)N[C@@H](C)c3cccc(C(C)C)c3)ccc2n1Cc1cccc(OC(C)C(=O)O)c1. The van der Waals surface area contributed by atoms with Gasteiger partial charge in [-0.3, -0.25) is 4.79 Å². The molecular weight excluding hydrogens is 466 g/mol. The molecule has 7 heteroatoms. The molecule has 0 saturated heterocycles. The molecule has 3 aromatic carbocycles. The van der Waals surface area contributed by atoms with Gasteiger partial charge in [-0.2, -0.15) is 0 Å². The molecule has 0 aliphatic rings. The number of benzene rings is 3. The third kappa shape index (κ3) is 6.00. The molecule has 0 aliphatic carbocycles. The zero-order valence-electron chi connectivity index (χ0n) is 21.9. The van der Waals surface area contributed by atoms with Crippen molar-refractivity contribution in [1.82, 2.24) is 14.9 Å². The van der Waals surface area contributed by atoms with Crippen molar-refractivity contribution in [3.63, 3.8) is 0 Å². The lowest BCUT2D eigenvalue weighted by atomic mass is 9.98. The van der Waals surface area contributed by atoms with Gasteiger partial charge in [0.25, 0.3) is 5.91 Å². The number of carboxylic acid groups (broad SMARTS) is 1. The molecule has 2 N–H and O–H groups in total. The molecule has 0 bridgehead atoms. The van der Waals surface area contributed by atoms with Crippen LogP contribution in [0.2, 0.25) is 0 Å². The highest BCUT2D eigenvalue weighted by molar-refractivity contribution is 5.97. The van der Waals surface area contributed by atoms with Gasteiger partial charge < -0.3 is 19.7 Å². The second kappa shape index (κ2) is 10.9. The number of aryl methyl sites for hydroxylation is 1. The minimum Gasteiger partial charge on any atom is -0.479 e. The molecule has 0 spiro atoms. The topological polar surface area (TPSA) is 93.5 Å². The molecule has 0 saturated carbocycles. The lowest BCUT2D eigenvalue weighted by Crippen LogP contribution is -2.26. The Labute approximate surface area is 217 Å². The summed E-state index contributed by atoms with van der Waals surface area (Å²) in [4.78, 5) is 28.8. The Hall–Kier alpha value is -4.13. The smallest absolute Gasteiger partial charge is 0.344 e. The van der Waals surface area contributed by atoms with Gasteiger partial charge in [0.2, 0.25) is 0 Å². The molecule has 4 rings (SSSR count). The molecule has 7 nitrogen and oxygen atoms in total. The number of amides is 1. The van der Waals surface area contributed by atoms with E-state index < -0.39 is 12.1 Å². The zero-order chi connectivity index (χ0) is 26.7. The first-order chi connectivity index (χ1) is 17.6. The summed E-state index contributed by atoms with van der Waals surface area (Å²) < 4.78 is 7.57.